The molecule has 1 aromatic carbocycles. The molecule has 1 aromatic heterocycles. The van der Waals surface area contributed by atoms with Gasteiger partial charge in [0.1, 0.15) is 11.5 Å². The molecule has 5 heteroatoms. The Balaban J connectivity index is 1.76. The number of para-hydroxylation sites is 1. The summed E-state index contributed by atoms with van der Waals surface area (Å²) in [6, 6.07) is 11.5. The van der Waals surface area contributed by atoms with E-state index in [1.165, 1.54) is 0 Å². The average Bonchev–Trinajstić information content (AvgIpc) is 2.97. The van der Waals surface area contributed by atoms with Crippen molar-refractivity contribution in [2.24, 2.45) is 11.7 Å². The van der Waals surface area contributed by atoms with Gasteiger partial charge in [0, 0.05) is 25.1 Å². The van der Waals surface area contributed by atoms with E-state index >= 15 is 0 Å². The first-order valence-corrected chi connectivity index (χ1v) is 7.77. The van der Waals surface area contributed by atoms with Crippen molar-refractivity contribution in [3.63, 3.8) is 0 Å². The number of aryl methyl sites for hydroxylation is 2. The number of anilines is 1. The number of carbonyl (C=O) groups excluding carboxylic acids is 2. The van der Waals surface area contributed by atoms with Gasteiger partial charge in [0.25, 0.3) is 0 Å². The van der Waals surface area contributed by atoms with Gasteiger partial charge in [-0.1, -0.05) is 18.2 Å². The molecule has 3 rings (SSSR count). The van der Waals surface area contributed by atoms with Gasteiger partial charge in [-0.2, -0.15) is 0 Å². The number of carbonyl (C=O) groups is 2. The number of amides is 2. The van der Waals surface area contributed by atoms with Gasteiger partial charge in [0.05, 0.1) is 5.92 Å². The summed E-state index contributed by atoms with van der Waals surface area (Å²) in [5.41, 5.74) is 7.33. The maximum atomic E-state index is 12.6. The van der Waals surface area contributed by atoms with Crippen LogP contribution in [0.2, 0.25) is 0 Å². The Labute approximate surface area is 135 Å². The van der Waals surface area contributed by atoms with E-state index < -0.39 is 0 Å². The maximum Gasteiger partial charge on any atom is 0.227 e. The van der Waals surface area contributed by atoms with E-state index in [2.05, 4.69) is 0 Å². The lowest BCUT2D eigenvalue weighted by Gasteiger charge is -2.33. The fraction of sp³-hybridized carbons (Fsp3) is 0.333. The van der Waals surface area contributed by atoms with Gasteiger partial charge in [-0.25, -0.2) is 0 Å². The van der Waals surface area contributed by atoms with Gasteiger partial charge < -0.3 is 15.1 Å². The Morgan fingerprint density at radius 3 is 2.74 bits per heavy atom. The molecule has 1 unspecified atom stereocenters. The summed E-state index contributed by atoms with van der Waals surface area (Å²) in [6.07, 6.45) is 1.48. The van der Waals surface area contributed by atoms with Crippen molar-refractivity contribution in [3.8, 4) is 0 Å². The van der Waals surface area contributed by atoms with Crippen LogP contribution in [-0.2, 0) is 22.4 Å². The molecule has 2 heterocycles. The zero-order valence-electron chi connectivity index (χ0n) is 13.1. The highest BCUT2D eigenvalue weighted by molar-refractivity contribution is 5.96. The summed E-state index contributed by atoms with van der Waals surface area (Å²) >= 11 is 0. The normalized spacial score (nSPS) is 16.9. The maximum absolute atomic E-state index is 12.6. The molecule has 1 atom stereocenters. The van der Waals surface area contributed by atoms with Crippen LogP contribution in [0, 0.1) is 12.8 Å². The van der Waals surface area contributed by atoms with E-state index in [1.807, 2.05) is 43.3 Å². The number of nitrogens with two attached hydrogens (primary N) is 1. The number of nitrogens with zero attached hydrogens (tertiary/aromatic N) is 1. The molecular weight excluding hydrogens is 292 g/mol. The molecule has 1 aliphatic rings. The minimum atomic E-state index is -0.362. The molecule has 23 heavy (non-hydrogen) atoms. The lowest BCUT2D eigenvalue weighted by atomic mass is 9.91. The Morgan fingerprint density at radius 2 is 2.04 bits per heavy atom. The molecule has 0 spiro atoms. The fourth-order valence-corrected chi connectivity index (χ4v) is 3.01. The highest BCUT2D eigenvalue weighted by Gasteiger charge is 2.30. The number of hydrogen-bond donors (Lipinski definition) is 1. The predicted molar refractivity (Wildman–Crippen MR) is 86.9 cm³/mol. The van der Waals surface area contributed by atoms with Crippen molar-refractivity contribution in [1.82, 2.24) is 0 Å². The standard InChI is InChI=1S/C18H20N2O3/c1-12-6-7-15(23-12)8-9-17(21)20-11-14(18(19)22)10-13-4-2-3-5-16(13)20/h2-7,14H,8-11H2,1H3,(H2,19,22). The second-order valence-electron chi connectivity index (χ2n) is 5.95. The summed E-state index contributed by atoms with van der Waals surface area (Å²) in [6.45, 7) is 2.23. The van der Waals surface area contributed by atoms with Crippen LogP contribution < -0.4 is 10.6 Å². The second kappa shape index (κ2) is 6.28. The molecule has 2 N–H and O–H groups in total. The van der Waals surface area contributed by atoms with E-state index in [-0.39, 0.29) is 17.7 Å². The molecule has 0 radical (unpaired) electrons. The third-order valence-electron chi connectivity index (χ3n) is 4.24. The zero-order chi connectivity index (χ0) is 16.4. The first kappa shape index (κ1) is 15.3. The zero-order valence-corrected chi connectivity index (χ0v) is 13.1. The summed E-state index contributed by atoms with van der Waals surface area (Å²) in [5, 5.41) is 0. The van der Waals surface area contributed by atoms with Gasteiger partial charge in [0.2, 0.25) is 11.8 Å². The number of furan rings is 1. The Morgan fingerprint density at radius 1 is 1.26 bits per heavy atom. The summed E-state index contributed by atoms with van der Waals surface area (Å²) < 4.78 is 5.51. The van der Waals surface area contributed by atoms with Crippen LogP contribution in [0.5, 0.6) is 0 Å². The van der Waals surface area contributed by atoms with Gasteiger partial charge in [0.15, 0.2) is 0 Å². The van der Waals surface area contributed by atoms with Crippen molar-refractivity contribution in [3.05, 3.63) is 53.5 Å². The lowest BCUT2D eigenvalue weighted by Crippen LogP contribution is -2.44. The molecule has 0 fully saturated rings. The largest absolute Gasteiger partial charge is 0.466 e. The first-order chi connectivity index (χ1) is 11.0. The number of benzene rings is 1. The van der Waals surface area contributed by atoms with Crippen LogP contribution in [0.3, 0.4) is 0 Å². The summed E-state index contributed by atoms with van der Waals surface area (Å²) in [7, 11) is 0. The van der Waals surface area contributed by atoms with Crippen molar-refractivity contribution in [1.29, 1.82) is 0 Å². The van der Waals surface area contributed by atoms with Crippen LogP contribution in [-0.4, -0.2) is 18.4 Å². The van der Waals surface area contributed by atoms with Crippen LogP contribution in [0.1, 0.15) is 23.5 Å². The van der Waals surface area contributed by atoms with Gasteiger partial charge in [-0.3, -0.25) is 9.59 Å². The van der Waals surface area contributed by atoms with Crippen LogP contribution in [0.25, 0.3) is 0 Å². The third kappa shape index (κ3) is 3.28. The molecule has 2 aromatic rings. The van der Waals surface area contributed by atoms with Gasteiger partial charge in [-0.05, 0) is 37.1 Å². The van der Waals surface area contributed by atoms with Crippen LogP contribution >= 0.6 is 0 Å². The van der Waals surface area contributed by atoms with E-state index in [0.717, 1.165) is 22.8 Å². The molecule has 120 valence electrons. The van der Waals surface area contributed by atoms with Gasteiger partial charge in [-0.15, -0.1) is 0 Å². The minimum Gasteiger partial charge on any atom is -0.466 e. The third-order valence-corrected chi connectivity index (χ3v) is 4.24. The molecule has 0 bridgehead atoms. The Kier molecular flexibility index (Phi) is 4.19. The van der Waals surface area contributed by atoms with Crippen molar-refractivity contribution >= 4 is 17.5 Å². The summed E-state index contributed by atoms with van der Waals surface area (Å²) in [4.78, 5) is 25.9. The topological polar surface area (TPSA) is 76.5 Å². The predicted octanol–water partition coefficient (Wildman–Crippen LogP) is 2.21. The van der Waals surface area contributed by atoms with Crippen LogP contribution in [0.15, 0.2) is 40.8 Å². The molecule has 5 nitrogen and oxygen atoms in total. The number of rotatable bonds is 4. The van der Waals surface area contributed by atoms with E-state index in [9.17, 15) is 9.59 Å². The smallest absolute Gasteiger partial charge is 0.227 e. The van der Waals surface area contributed by atoms with E-state index in [0.29, 0.717) is 25.8 Å². The highest BCUT2D eigenvalue weighted by atomic mass is 16.3. The van der Waals surface area contributed by atoms with Crippen molar-refractivity contribution < 1.29 is 14.0 Å². The van der Waals surface area contributed by atoms with E-state index in [4.69, 9.17) is 10.2 Å². The Bertz CT molecular complexity index is 735. The fourth-order valence-electron chi connectivity index (χ4n) is 3.01. The first-order valence-electron chi connectivity index (χ1n) is 7.77. The number of fused-ring (bicyclic) bond motifs is 1. The highest BCUT2D eigenvalue weighted by Crippen LogP contribution is 2.30. The van der Waals surface area contributed by atoms with Crippen LogP contribution in [0.4, 0.5) is 5.69 Å². The second-order valence-corrected chi connectivity index (χ2v) is 5.95. The monoisotopic (exact) mass is 312 g/mol. The average molecular weight is 312 g/mol. The quantitative estimate of drug-likeness (QED) is 0.940. The molecule has 0 saturated carbocycles. The molecule has 0 saturated heterocycles. The number of hydrogen-bond acceptors (Lipinski definition) is 3. The molecule has 0 aliphatic carbocycles. The minimum absolute atomic E-state index is 0.0162. The Hall–Kier alpha value is -2.56. The lowest BCUT2D eigenvalue weighted by molar-refractivity contribution is -0.122. The number of primary amides is 1. The molecular formula is C18H20N2O3. The molecule has 1 aliphatic heterocycles. The van der Waals surface area contributed by atoms with Crippen molar-refractivity contribution in [2.45, 2.75) is 26.2 Å². The summed E-state index contributed by atoms with van der Waals surface area (Å²) in [5.74, 6) is 0.924. The van der Waals surface area contributed by atoms with Gasteiger partial charge >= 0.3 is 0 Å². The molecule has 2 amide bonds. The SMILES string of the molecule is Cc1ccc(CCC(=O)N2CC(C(N)=O)Cc3ccccc32)o1. The van der Waals surface area contributed by atoms with Crippen molar-refractivity contribution in [2.75, 3.05) is 11.4 Å². The van der Waals surface area contributed by atoms with E-state index in [1.54, 1.807) is 4.90 Å².